The summed E-state index contributed by atoms with van der Waals surface area (Å²) in [6.45, 7) is 0.377. The molecule has 0 fully saturated rings. The SMILES string of the molecule is O=P(O)(O)Oc1ccc(NCC(Cl)Cl)cc1. The van der Waals surface area contributed by atoms with Gasteiger partial charge in [-0.1, -0.05) is 0 Å². The maximum Gasteiger partial charge on any atom is 0.524 e. The summed E-state index contributed by atoms with van der Waals surface area (Å²) in [5.41, 5.74) is 0.726. The summed E-state index contributed by atoms with van der Waals surface area (Å²) in [6, 6.07) is 6.06. The van der Waals surface area contributed by atoms with Crippen molar-refractivity contribution in [2.45, 2.75) is 4.84 Å². The van der Waals surface area contributed by atoms with Crippen LogP contribution in [0.25, 0.3) is 0 Å². The molecule has 1 rings (SSSR count). The summed E-state index contributed by atoms with van der Waals surface area (Å²) in [7, 11) is -4.50. The molecule has 0 aliphatic carbocycles. The van der Waals surface area contributed by atoms with E-state index in [0.717, 1.165) is 5.69 Å². The van der Waals surface area contributed by atoms with E-state index in [0.29, 0.717) is 6.54 Å². The highest BCUT2D eigenvalue weighted by Gasteiger charge is 2.15. The normalized spacial score (nSPS) is 11.6. The fourth-order valence-corrected chi connectivity index (χ4v) is 1.52. The second-order valence-corrected chi connectivity index (χ2v) is 5.32. The molecule has 90 valence electrons. The summed E-state index contributed by atoms with van der Waals surface area (Å²) in [4.78, 5) is 16.6. The number of rotatable bonds is 5. The van der Waals surface area contributed by atoms with Crippen molar-refractivity contribution in [3.8, 4) is 5.75 Å². The molecule has 0 saturated carbocycles. The Labute approximate surface area is 103 Å². The number of hydrogen-bond acceptors (Lipinski definition) is 3. The molecule has 0 aliphatic heterocycles. The first-order chi connectivity index (χ1) is 7.37. The lowest BCUT2D eigenvalue weighted by Crippen LogP contribution is -2.08. The van der Waals surface area contributed by atoms with Crippen LogP contribution < -0.4 is 9.84 Å². The highest BCUT2D eigenvalue weighted by molar-refractivity contribution is 7.46. The average molecular weight is 286 g/mol. The van der Waals surface area contributed by atoms with Gasteiger partial charge in [0.15, 0.2) is 0 Å². The van der Waals surface area contributed by atoms with Crippen LogP contribution in [-0.2, 0) is 4.57 Å². The monoisotopic (exact) mass is 285 g/mol. The summed E-state index contributed by atoms with van der Waals surface area (Å²) < 4.78 is 14.9. The maximum absolute atomic E-state index is 10.5. The van der Waals surface area contributed by atoms with E-state index in [1.54, 1.807) is 12.1 Å². The molecule has 0 spiro atoms. The van der Waals surface area contributed by atoms with E-state index < -0.39 is 12.7 Å². The molecule has 1 aromatic rings. The first-order valence-electron chi connectivity index (χ1n) is 4.24. The van der Waals surface area contributed by atoms with Gasteiger partial charge in [0.2, 0.25) is 0 Å². The van der Waals surface area contributed by atoms with Crippen LogP contribution in [0.2, 0.25) is 0 Å². The molecule has 0 heterocycles. The van der Waals surface area contributed by atoms with Crippen molar-refractivity contribution in [2.75, 3.05) is 11.9 Å². The van der Waals surface area contributed by atoms with Crippen LogP contribution in [-0.4, -0.2) is 21.2 Å². The Kier molecular flexibility index (Phi) is 4.89. The third kappa shape index (κ3) is 5.58. The molecular weight excluding hydrogens is 276 g/mol. The third-order valence-corrected chi connectivity index (χ3v) is 2.30. The Morgan fingerprint density at radius 1 is 1.31 bits per heavy atom. The molecule has 0 aromatic heterocycles. The minimum absolute atomic E-state index is 0.0900. The molecule has 0 amide bonds. The largest absolute Gasteiger partial charge is 0.524 e. The fraction of sp³-hybridized carbons (Fsp3) is 0.250. The van der Waals surface area contributed by atoms with Gasteiger partial charge in [0.25, 0.3) is 0 Å². The summed E-state index contributed by atoms with van der Waals surface area (Å²) in [6.07, 6.45) is 0. The lowest BCUT2D eigenvalue weighted by atomic mass is 10.3. The van der Waals surface area contributed by atoms with Crippen molar-refractivity contribution in [3.63, 3.8) is 0 Å². The quantitative estimate of drug-likeness (QED) is 0.572. The van der Waals surface area contributed by atoms with E-state index in [1.807, 2.05) is 0 Å². The van der Waals surface area contributed by atoms with Crippen LogP contribution in [0.4, 0.5) is 5.69 Å². The smallest absolute Gasteiger partial charge is 0.404 e. The van der Waals surface area contributed by atoms with Gasteiger partial charge in [0.1, 0.15) is 10.6 Å². The topological polar surface area (TPSA) is 78.8 Å². The third-order valence-electron chi connectivity index (χ3n) is 1.54. The van der Waals surface area contributed by atoms with E-state index in [2.05, 4.69) is 9.84 Å². The summed E-state index contributed by atoms with van der Waals surface area (Å²) in [5, 5.41) is 2.92. The summed E-state index contributed by atoms with van der Waals surface area (Å²) in [5.74, 6) is 0.0900. The number of benzene rings is 1. The van der Waals surface area contributed by atoms with Gasteiger partial charge in [-0.2, -0.15) is 0 Å². The van der Waals surface area contributed by atoms with Gasteiger partial charge in [0, 0.05) is 12.2 Å². The first-order valence-corrected chi connectivity index (χ1v) is 6.64. The van der Waals surface area contributed by atoms with Crippen LogP contribution in [0.15, 0.2) is 24.3 Å². The van der Waals surface area contributed by atoms with E-state index in [9.17, 15) is 4.57 Å². The lowest BCUT2D eigenvalue weighted by Gasteiger charge is -2.09. The molecule has 0 bridgehead atoms. The molecule has 0 aliphatic rings. The van der Waals surface area contributed by atoms with Gasteiger partial charge >= 0.3 is 7.82 Å². The average Bonchev–Trinajstić information content (AvgIpc) is 2.14. The van der Waals surface area contributed by atoms with E-state index in [1.165, 1.54) is 12.1 Å². The Morgan fingerprint density at radius 3 is 2.31 bits per heavy atom. The molecule has 16 heavy (non-hydrogen) atoms. The van der Waals surface area contributed by atoms with Crippen molar-refractivity contribution in [3.05, 3.63) is 24.3 Å². The molecule has 1 aromatic carbocycles. The zero-order chi connectivity index (χ0) is 12.2. The highest BCUT2D eigenvalue weighted by atomic mass is 35.5. The lowest BCUT2D eigenvalue weighted by molar-refractivity contribution is 0.283. The Bertz CT molecular complexity index is 378. The van der Waals surface area contributed by atoms with Gasteiger partial charge < -0.3 is 9.84 Å². The molecule has 0 unspecified atom stereocenters. The minimum atomic E-state index is -4.50. The summed E-state index contributed by atoms with van der Waals surface area (Å²) >= 11 is 11.0. The van der Waals surface area contributed by atoms with Crippen LogP contribution in [0.3, 0.4) is 0 Å². The predicted octanol–water partition coefficient (Wildman–Crippen LogP) is 2.37. The number of anilines is 1. The van der Waals surface area contributed by atoms with Crippen LogP contribution in [0.5, 0.6) is 5.75 Å². The highest BCUT2D eigenvalue weighted by Crippen LogP contribution is 2.37. The number of halogens is 2. The number of nitrogens with one attached hydrogen (secondary N) is 1. The molecular formula is C8H10Cl2NO4P. The maximum atomic E-state index is 10.5. The number of hydrogen-bond donors (Lipinski definition) is 3. The van der Waals surface area contributed by atoms with Gasteiger partial charge in [-0.15, -0.1) is 23.2 Å². The zero-order valence-corrected chi connectivity index (χ0v) is 10.4. The number of phosphoric acid groups is 1. The van der Waals surface area contributed by atoms with Crippen LogP contribution in [0.1, 0.15) is 0 Å². The predicted molar refractivity (Wildman–Crippen MR) is 63.1 cm³/mol. The van der Waals surface area contributed by atoms with Crippen molar-refractivity contribution in [1.82, 2.24) is 0 Å². The van der Waals surface area contributed by atoms with E-state index in [4.69, 9.17) is 33.0 Å². The number of alkyl halides is 2. The van der Waals surface area contributed by atoms with Gasteiger partial charge in [-0.05, 0) is 24.3 Å². The van der Waals surface area contributed by atoms with Gasteiger partial charge in [-0.3, -0.25) is 9.79 Å². The van der Waals surface area contributed by atoms with E-state index >= 15 is 0 Å². The van der Waals surface area contributed by atoms with Gasteiger partial charge in [-0.25, -0.2) is 4.57 Å². The number of phosphoric ester groups is 1. The molecule has 3 N–H and O–H groups in total. The zero-order valence-electron chi connectivity index (χ0n) is 8.01. The van der Waals surface area contributed by atoms with Crippen molar-refractivity contribution < 1.29 is 18.9 Å². The molecule has 0 atom stereocenters. The fourth-order valence-electron chi connectivity index (χ4n) is 0.966. The Balaban J connectivity index is 2.58. The van der Waals surface area contributed by atoms with Crippen molar-refractivity contribution >= 4 is 36.7 Å². The molecule has 8 heteroatoms. The van der Waals surface area contributed by atoms with Gasteiger partial charge in [0.05, 0.1) is 0 Å². The van der Waals surface area contributed by atoms with E-state index in [-0.39, 0.29) is 5.75 Å². The minimum Gasteiger partial charge on any atom is -0.404 e. The second kappa shape index (κ2) is 5.75. The standard InChI is InChI=1S/C8H10Cl2NO4P/c9-8(10)5-11-6-1-3-7(4-2-6)15-16(12,13)14/h1-4,8,11H,5H2,(H2,12,13,14). The van der Waals surface area contributed by atoms with Crippen molar-refractivity contribution in [2.24, 2.45) is 0 Å². The molecule has 0 radical (unpaired) electrons. The Morgan fingerprint density at radius 2 is 1.88 bits per heavy atom. The van der Waals surface area contributed by atoms with Crippen molar-refractivity contribution in [1.29, 1.82) is 0 Å². The van der Waals surface area contributed by atoms with Crippen LogP contribution >= 0.6 is 31.0 Å². The second-order valence-electron chi connectivity index (χ2n) is 2.88. The van der Waals surface area contributed by atoms with Crippen LogP contribution in [0, 0.1) is 0 Å². The molecule has 0 saturated heterocycles. The first kappa shape index (κ1) is 13.6. The molecule has 5 nitrogen and oxygen atoms in total. The Hall–Kier alpha value is -0.450.